The van der Waals surface area contributed by atoms with Crippen molar-refractivity contribution in [2.75, 3.05) is 20.3 Å². The number of rotatable bonds is 1. The van der Waals surface area contributed by atoms with Gasteiger partial charge in [0.25, 0.3) is 5.91 Å². The molecule has 1 saturated heterocycles. The summed E-state index contributed by atoms with van der Waals surface area (Å²) in [5.74, 6) is 0.341. The number of benzene rings is 2. The Hall–Kier alpha value is -2.93. The van der Waals surface area contributed by atoms with Crippen LogP contribution in [0.15, 0.2) is 47.5 Å². The molecule has 3 heterocycles. The van der Waals surface area contributed by atoms with E-state index < -0.39 is 11.1 Å². The van der Waals surface area contributed by atoms with Gasteiger partial charge >= 0.3 is 0 Å². The van der Waals surface area contributed by atoms with Gasteiger partial charge in [-0.1, -0.05) is 18.2 Å². The number of likely N-dealkylation sites (N-methyl/N-ethyl adjacent to an activating group) is 1. The van der Waals surface area contributed by atoms with Crippen molar-refractivity contribution in [2.24, 2.45) is 10.7 Å². The lowest BCUT2D eigenvalue weighted by molar-refractivity contribution is -0.137. The molecular weight excluding hydrogens is 373 g/mol. The van der Waals surface area contributed by atoms with E-state index in [1.165, 1.54) is 17.0 Å². The Balaban J connectivity index is 1.69. The van der Waals surface area contributed by atoms with Gasteiger partial charge in [-0.3, -0.25) is 9.69 Å². The number of aliphatic imine (C=N–C) groups is 1. The number of guanidine groups is 1. The van der Waals surface area contributed by atoms with Crippen LogP contribution in [0.3, 0.4) is 0 Å². The Morgan fingerprint density at radius 2 is 1.90 bits per heavy atom. The minimum absolute atomic E-state index is 0.165. The van der Waals surface area contributed by atoms with Crippen LogP contribution in [0.2, 0.25) is 0 Å². The molecule has 1 amide bonds. The summed E-state index contributed by atoms with van der Waals surface area (Å²) in [5.41, 5.74) is 6.61. The summed E-state index contributed by atoms with van der Waals surface area (Å²) in [5, 5.41) is 0. The first-order valence-electron chi connectivity index (χ1n) is 9.73. The molecule has 3 aliphatic rings. The van der Waals surface area contributed by atoms with E-state index in [0.717, 1.165) is 11.1 Å². The minimum atomic E-state index is -1.13. The van der Waals surface area contributed by atoms with Crippen LogP contribution in [0.4, 0.5) is 4.39 Å². The number of nitrogens with zero attached hydrogens (tertiary/aromatic N) is 2. The number of carbonyl (C=O) groups excluding carboxylic acids is 1. The molecule has 5 rings (SSSR count). The van der Waals surface area contributed by atoms with E-state index in [1.807, 2.05) is 24.3 Å². The van der Waals surface area contributed by atoms with E-state index in [4.69, 9.17) is 15.2 Å². The summed E-state index contributed by atoms with van der Waals surface area (Å²) in [4.78, 5) is 19.4. The van der Waals surface area contributed by atoms with Crippen LogP contribution >= 0.6 is 0 Å². The van der Waals surface area contributed by atoms with Crippen LogP contribution in [0.5, 0.6) is 5.75 Å². The topological polar surface area (TPSA) is 77.2 Å². The Morgan fingerprint density at radius 3 is 2.59 bits per heavy atom. The zero-order valence-corrected chi connectivity index (χ0v) is 16.2. The predicted octanol–water partition coefficient (Wildman–Crippen LogP) is 2.81. The molecular formula is C22H22FN3O3. The fraction of sp³-hybridized carbons (Fsp3) is 0.364. The first-order chi connectivity index (χ1) is 13.9. The van der Waals surface area contributed by atoms with Gasteiger partial charge in [0.2, 0.25) is 0 Å². The summed E-state index contributed by atoms with van der Waals surface area (Å²) >= 11 is 0. The first-order valence-corrected chi connectivity index (χ1v) is 9.73. The number of hydrogen-bond acceptors (Lipinski definition) is 5. The van der Waals surface area contributed by atoms with Gasteiger partial charge < -0.3 is 15.2 Å². The number of fused-ring (bicyclic) bond motifs is 2. The number of amides is 1. The highest BCUT2D eigenvalue weighted by atomic mass is 19.1. The molecule has 0 radical (unpaired) electrons. The molecule has 2 spiro atoms. The second-order valence-electron chi connectivity index (χ2n) is 7.99. The summed E-state index contributed by atoms with van der Waals surface area (Å²) < 4.78 is 25.7. The van der Waals surface area contributed by atoms with Crippen LogP contribution in [-0.2, 0) is 15.1 Å². The fourth-order valence-electron chi connectivity index (χ4n) is 4.63. The molecule has 0 saturated carbocycles. The Morgan fingerprint density at radius 1 is 1.14 bits per heavy atom. The summed E-state index contributed by atoms with van der Waals surface area (Å²) in [7, 11) is 1.64. The molecule has 1 unspecified atom stereocenters. The molecule has 1 atom stereocenters. The van der Waals surface area contributed by atoms with Crippen molar-refractivity contribution >= 4 is 11.9 Å². The van der Waals surface area contributed by atoms with E-state index in [0.29, 0.717) is 43.8 Å². The third-order valence-electron chi connectivity index (χ3n) is 6.20. The smallest absolute Gasteiger partial charge is 0.261 e. The highest BCUT2D eigenvalue weighted by Crippen LogP contribution is 2.52. The average Bonchev–Trinajstić information content (AvgIpc) is 2.92. The second kappa shape index (κ2) is 6.29. The van der Waals surface area contributed by atoms with Crippen molar-refractivity contribution < 1.29 is 18.7 Å². The largest absolute Gasteiger partial charge is 0.487 e. The molecule has 0 aromatic heterocycles. The molecule has 1 fully saturated rings. The van der Waals surface area contributed by atoms with Crippen molar-refractivity contribution in [3.05, 3.63) is 53.8 Å². The van der Waals surface area contributed by atoms with E-state index >= 15 is 0 Å². The number of halogens is 1. The van der Waals surface area contributed by atoms with Gasteiger partial charge in [0.05, 0.1) is 13.2 Å². The van der Waals surface area contributed by atoms with Crippen molar-refractivity contribution in [3.8, 4) is 16.9 Å². The quantitative estimate of drug-likeness (QED) is 0.806. The minimum Gasteiger partial charge on any atom is -0.487 e. The Labute approximate surface area is 168 Å². The number of ether oxygens (including phenoxy) is 2. The van der Waals surface area contributed by atoms with Crippen molar-refractivity contribution in [1.82, 2.24) is 4.90 Å². The van der Waals surface area contributed by atoms with Gasteiger partial charge in [-0.25, -0.2) is 9.38 Å². The van der Waals surface area contributed by atoms with Crippen LogP contribution in [0.25, 0.3) is 11.1 Å². The van der Waals surface area contributed by atoms with Crippen LogP contribution in [-0.4, -0.2) is 42.6 Å². The van der Waals surface area contributed by atoms with Crippen molar-refractivity contribution in [3.63, 3.8) is 0 Å². The van der Waals surface area contributed by atoms with E-state index in [1.54, 1.807) is 13.1 Å². The van der Waals surface area contributed by atoms with E-state index in [9.17, 15) is 9.18 Å². The highest BCUT2D eigenvalue weighted by Gasteiger charge is 2.58. The maximum atomic E-state index is 13.8. The monoisotopic (exact) mass is 395 g/mol. The predicted molar refractivity (Wildman–Crippen MR) is 106 cm³/mol. The lowest BCUT2D eigenvalue weighted by atomic mass is 9.73. The number of hydrogen-bond donors (Lipinski definition) is 1. The van der Waals surface area contributed by atoms with E-state index in [-0.39, 0.29) is 17.7 Å². The summed E-state index contributed by atoms with van der Waals surface area (Å²) in [6, 6.07) is 12.0. The Kier molecular flexibility index (Phi) is 3.93. The van der Waals surface area contributed by atoms with Gasteiger partial charge in [-0.15, -0.1) is 0 Å². The fourth-order valence-corrected chi connectivity index (χ4v) is 4.63. The third-order valence-corrected chi connectivity index (χ3v) is 6.20. The zero-order chi connectivity index (χ0) is 20.2. The van der Waals surface area contributed by atoms with Gasteiger partial charge in [-0.05, 0) is 35.4 Å². The Bertz CT molecular complexity index is 1030. The number of nitrogens with two attached hydrogens (primary N) is 1. The molecule has 2 aromatic rings. The normalized spacial score (nSPS) is 25.1. The maximum absolute atomic E-state index is 13.8. The van der Waals surface area contributed by atoms with Gasteiger partial charge in [0.1, 0.15) is 17.2 Å². The SMILES string of the molecule is CN1C(=O)C2(CC3(CCOCC3)Oc3ccc(-c4cccc(F)c4)cc32)N=C1N. The first kappa shape index (κ1) is 18.1. The standard InChI is InChI=1S/C22H22FN3O3/c1-26-19(27)22(25-20(26)24)13-21(7-9-28-10-8-21)29-18-6-5-15(12-17(18)22)14-3-2-4-16(23)11-14/h2-6,11-12H,7-10,13H2,1H3,(H2,24,25). The molecule has 29 heavy (non-hydrogen) atoms. The maximum Gasteiger partial charge on any atom is 0.261 e. The van der Waals surface area contributed by atoms with Gasteiger partial charge in [0.15, 0.2) is 11.5 Å². The highest BCUT2D eigenvalue weighted by molar-refractivity contribution is 6.07. The van der Waals surface area contributed by atoms with Crippen LogP contribution in [0.1, 0.15) is 24.8 Å². The second-order valence-corrected chi connectivity index (χ2v) is 7.99. The van der Waals surface area contributed by atoms with Crippen LogP contribution in [0, 0.1) is 5.82 Å². The van der Waals surface area contributed by atoms with Gasteiger partial charge in [0, 0.05) is 31.9 Å². The summed E-state index contributed by atoms with van der Waals surface area (Å²) in [6.07, 6.45) is 1.78. The molecule has 0 bridgehead atoms. The lowest BCUT2D eigenvalue weighted by Crippen LogP contribution is -2.53. The average molecular weight is 395 g/mol. The molecule has 3 aliphatic heterocycles. The molecule has 6 nitrogen and oxygen atoms in total. The van der Waals surface area contributed by atoms with Crippen LogP contribution < -0.4 is 10.5 Å². The molecule has 2 aromatic carbocycles. The molecule has 150 valence electrons. The number of carbonyl (C=O) groups is 1. The van der Waals surface area contributed by atoms with Gasteiger partial charge in [-0.2, -0.15) is 0 Å². The third kappa shape index (κ3) is 2.72. The molecule has 0 aliphatic carbocycles. The van der Waals surface area contributed by atoms with E-state index in [2.05, 4.69) is 4.99 Å². The molecule has 2 N–H and O–H groups in total. The summed E-state index contributed by atoms with van der Waals surface area (Å²) in [6.45, 7) is 1.16. The zero-order valence-electron chi connectivity index (χ0n) is 16.2. The van der Waals surface area contributed by atoms with Crippen molar-refractivity contribution in [1.29, 1.82) is 0 Å². The van der Waals surface area contributed by atoms with Crippen molar-refractivity contribution in [2.45, 2.75) is 30.4 Å². The lowest BCUT2D eigenvalue weighted by Gasteiger charge is -2.46. The molecule has 7 heteroatoms.